The van der Waals surface area contributed by atoms with Crippen LogP contribution in [0.4, 0.5) is 13.2 Å². The Hall–Kier alpha value is -3.64. The third-order valence-corrected chi connectivity index (χ3v) is 7.02. The van der Waals surface area contributed by atoms with Crippen LogP contribution in [0.15, 0.2) is 42.6 Å². The molecule has 2 aliphatic rings. The van der Waals surface area contributed by atoms with Gasteiger partial charge in [-0.3, -0.25) is 19.4 Å². The van der Waals surface area contributed by atoms with E-state index in [-0.39, 0.29) is 31.3 Å². The van der Waals surface area contributed by atoms with Crippen LogP contribution in [0.3, 0.4) is 0 Å². The Morgan fingerprint density at radius 1 is 1.00 bits per heavy atom. The number of pyridine rings is 1. The molecule has 1 fully saturated rings. The van der Waals surface area contributed by atoms with Gasteiger partial charge in [-0.05, 0) is 41.8 Å². The second kappa shape index (κ2) is 10.6. The van der Waals surface area contributed by atoms with Crippen LogP contribution in [0.5, 0.6) is 5.75 Å². The van der Waals surface area contributed by atoms with Crippen molar-refractivity contribution in [2.75, 3.05) is 45.8 Å². The Labute approximate surface area is 217 Å². The molecule has 0 bridgehead atoms. The second-order valence-electron chi connectivity index (χ2n) is 9.59. The largest absolute Gasteiger partial charge is 0.573 e. The molecule has 2 aliphatic heterocycles. The molecule has 0 radical (unpaired) electrons. The van der Waals surface area contributed by atoms with Crippen LogP contribution in [0.1, 0.15) is 16.8 Å². The summed E-state index contributed by atoms with van der Waals surface area (Å²) in [7, 11) is 0. The number of ether oxygens (including phenoxy) is 1. The Balaban J connectivity index is 1.33. The van der Waals surface area contributed by atoms with Crippen molar-refractivity contribution >= 4 is 22.9 Å². The molecule has 0 atom stereocenters. The molecule has 1 aromatic carbocycles. The number of halogens is 3. The van der Waals surface area contributed by atoms with E-state index in [0.29, 0.717) is 51.3 Å². The van der Waals surface area contributed by atoms with Crippen LogP contribution in [0.25, 0.3) is 11.0 Å². The highest BCUT2D eigenvalue weighted by atomic mass is 19.4. The Morgan fingerprint density at radius 3 is 2.45 bits per heavy atom. The number of hydrogen-bond acceptors (Lipinski definition) is 6. The highest BCUT2D eigenvalue weighted by Crippen LogP contribution is 2.31. The van der Waals surface area contributed by atoms with E-state index in [1.807, 2.05) is 31.4 Å². The van der Waals surface area contributed by atoms with Gasteiger partial charge in [-0.15, -0.1) is 13.2 Å². The predicted molar refractivity (Wildman–Crippen MR) is 132 cm³/mol. The SMILES string of the molecule is O=C(O)CN1CCN(CC(=O)N2CCc3c(n(Cc4cccc(OC(F)(F)F)c4)c4ncccc34)C2)CC1. The lowest BCUT2D eigenvalue weighted by Gasteiger charge is -2.35. The van der Waals surface area contributed by atoms with E-state index in [1.165, 1.54) is 18.2 Å². The summed E-state index contributed by atoms with van der Waals surface area (Å²) in [6.45, 7) is 3.92. The lowest BCUT2D eigenvalue weighted by atomic mass is 10.0. The standard InChI is InChI=1S/C26H28F3N5O4/c27-26(28,29)38-19-4-1-3-18(13-19)14-34-22-15-33(8-6-20(22)21-5-2-7-30-25(21)34)23(35)16-31-9-11-32(12-10-31)17-24(36)37/h1-5,7,13H,6,8-12,14-17H2,(H,36,37). The number of carbonyl (C=O) groups is 2. The molecule has 0 unspecified atom stereocenters. The highest BCUT2D eigenvalue weighted by Gasteiger charge is 2.32. The van der Waals surface area contributed by atoms with Crippen LogP contribution in [-0.4, -0.2) is 93.4 Å². The van der Waals surface area contributed by atoms with Crippen molar-refractivity contribution in [3.63, 3.8) is 0 Å². The number of nitrogens with zero attached hydrogens (tertiary/aromatic N) is 5. The molecule has 0 saturated carbocycles. The van der Waals surface area contributed by atoms with Crippen molar-refractivity contribution in [1.82, 2.24) is 24.3 Å². The number of carboxylic acids is 1. The molecule has 1 amide bonds. The first-order chi connectivity index (χ1) is 18.2. The van der Waals surface area contributed by atoms with Gasteiger partial charge < -0.3 is 19.3 Å². The minimum absolute atomic E-state index is 0.000506. The minimum Gasteiger partial charge on any atom is -0.480 e. The van der Waals surface area contributed by atoms with Crippen LogP contribution in [0, 0.1) is 0 Å². The number of hydrogen-bond donors (Lipinski definition) is 1. The number of aromatic nitrogens is 2. The predicted octanol–water partition coefficient (Wildman–Crippen LogP) is 2.57. The fourth-order valence-electron chi connectivity index (χ4n) is 5.25. The van der Waals surface area contributed by atoms with Crippen LogP contribution < -0.4 is 4.74 Å². The van der Waals surface area contributed by atoms with E-state index in [0.717, 1.165) is 22.3 Å². The number of carboxylic acid groups (broad SMARTS) is 1. The first kappa shape index (κ1) is 26.0. The van der Waals surface area contributed by atoms with Crippen LogP contribution in [-0.2, 0) is 29.1 Å². The number of piperazine rings is 1. The zero-order valence-corrected chi connectivity index (χ0v) is 20.7. The van der Waals surface area contributed by atoms with Gasteiger partial charge in [-0.2, -0.15) is 0 Å². The average Bonchev–Trinajstić information content (AvgIpc) is 3.17. The van der Waals surface area contributed by atoms with E-state index in [9.17, 15) is 22.8 Å². The fraction of sp³-hybridized carbons (Fsp3) is 0.423. The summed E-state index contributed by atoms with van der Waals surface area (Å²) in [5.74, 6) is -1.15. The quantitative estimate of drug-likeness (QED) is 0.501. The molecule has 1 N–H and O–H groups in total. The van der Waals surface area contributed by atoms with Gasteiger partial charge in [0.1, 0.15) is 11.4 Å². The lowest BCUT2D eigenvalue weighted by molar-refractivity contribution is -0.274. The van der Waals surface area contributed by atoms with Gasteiger partial charge in [0.15, 0.2) is 0 Å². The minimum atomic E-state index is -4.77. The van der Waals surface area contributed by atoms with Crippen molar-refractivity contribution in [2.24, 2.45) is 0 Å². The van der Waals surface area contributed by atoms with Crippen LogP contribution in [0.2, 0.25) is 0 Å². The molecule has 38 heavy (non-hydrogen) atoms. The zero-order chi connectivity index (χ0) is 26.9. The molecule has 12 heteroatoms. The molecular formula is C26H28F3N5O4. The van der Waals surface area contributed by atoms with E-state index < -0.39 is 12.3 Å². The number of amides is 1. The van der Waals surface area contributed by atoms with Gasteiger partial charge in [0.2, 0.25) is 5.91 Å². The Kier molecular flexibility index (Phi) is 7.26. The van der Waals surface area contributed by atoms with E-state index in [1.54, 1.807) is 12.3 Å². The van der Waals surface area contributed by atoms with Crippen molar-refractivity contribution in [1.29, 1.82) is 0 Å². The maximum atomic E-state index is 13.2. The number of alkyl halides is 3. The molecular weight excluding hydrogens is 503 g/mol. The molecule has 0 spiro atoms. The average molecular weight is 532 g/mol. The van der Waals surface area contributed by atoms with Gasteiger partial charge in [0, 0.05) is 56.5 Å². The summed E-state index contributed by atoms with van der Waals surface area (Å²) in [6.07, 6.45) is -2.44. The molecule has 2 aromatic heterocycles. The third-order valence-electron chi connectivity index (χ3n) is 7.02. The maximum absolute atomic E-state index is 13.2. The van der Waals surface area contributed by atoms with E-state index in [2.05, 4.69) is 9.72 Å². The summed E-state index contributed by atoms with van der Waals surface area (Å²) < 4.78 is 44.3. The summed E-state index contributed by atoms with van der Waals surface area (Å²) in [5.41, 5.74) is 3.37. The number of aliphatic carboxylic acids is 1. The van der Waals surface area contributed by atoms with Gasteiger partial charge in [-0.1, -0.05) is 12.1 Å². The van der Waals surface area contributed by atoms with Gasteiger partial charge >= 0.3 is 12.3 Å². The molecule has 3 aromatic rings. The summed E-state index contributed by atoms with van der Waals surface area (Å²) in [6, 6.07) is 9.72. The Bertz CT molecular complexity index is 1330. The molecule has 0 aliphatic carbocycles. The van der Waals surface area contributed by atoms with Crippen molar-refractivity contribution in [3.8, 4) is 5.75 Å². The molecule has 1 saturated heterocycles. The second-order valence-corrected chi connectivity index (χ2v) is 9.59. The number of benzene rings is 1. The highest BCUT2D eigenvalue weighted by molar-refractivity contribution is 5.84. The van der Waals surface area contributed by atoms with Crippen molar-refractivity contribution in [3.05, 3.63) is 59.4 Å². The molecule has 4 heterocycles. The first-order valence-electron chi connectivity index (χ1n) is 12.4. The fourth-order valence-corrected chi connectivity index (χ4v) is 5.25. The van der Waals surface area contributed by atoms with Crippen molar-refractivity contribution < 1.29 is 32.6 Å². The van der Waals surface area contributed by atoms with Gasteiger partial charge in [-0.25, -0.2) is 4.98 Å². The normalized spacial score (nSPS) is 17.0. The molecule has 202 valence electrons. The van der Waals surface area contributed by atoms with Crippen LogP contribution >= 0.6 is 0 Å². The number of fused-ring (bicyclic) bond motifs is 3. The topological polar surface area (TPSA) is 91.1 Å². The zero-order valence-electron chi connectivity index (χ0n) is 20.7. The van der Waals surface area contributed by atoms with E-state index >= 15 is 0 Å². The van der Waals surface area contributed by atoms with E-state index in [4.69, 9.17) is 5.11 Å². The Morgan fingerprint density at radius 2 is 1.74 bits per heavy atom. The monoisotopic (exact) mass is 531 g/mol. The number of rotatable bonds is 7. The maximum Gasteiger partial charge on any atom is 0.573 e. The molecule has 5 rings (SSSR count). The third kappa shape index (κ3) is 5.91. The van der Waals surface area contributed by atoms with Gasteiger partial charge in [0.05, 0.1) is 19.6 Å². The summed E-state index contributed by atoms with van der Waals surface area (Å²) in [4.78, 5) is 34.4. The smallest absolute Gasteiger partial charge is 0.480 e. The molecule has 9 nitrogen and oxygen atoms in total. The first-order valence-corrected chi connectivity index (χ1v) is 12.4. The number of carbonyl (C=O) groups excluding carboxylic acids is 1. The lowest BCUT2D eigenvalue weighted by Crippen LogP contribution is -2.51. The van der Waals surface area contributed by atoms with Crippen molar-refractivity contribution in [2.45, 2.75) is 25.9 Å². The van der Waals surface area contributed by atoms with Gasteiger partial charge in [0.25, 0.3) is 0 Å². The summed E-state index contributed by atoms with van der Waals surface area (Å²) >= 11 is 0. The summed E-state index contributed by atoms with van der Waals surface area (Å²) in [5, 5.41) is 9.96.